The standard InChI is InChI=1S/C27H49NO6/c1-5-6-7-8-9-10-11-12-13-14-15-16-17-18-28(19-22(2)25(29)30,20-23(3)26(31)32)21-24(4)27(33)34/h8-9,22-24H,5-7,10-21H2,1-4H3,(H2-,29,30,31,32,33,34)/b9-8+. The summed E-state index contributed by atoms with van der Waals surface area (Å²) < 4.78 is 0.181. The molecule has 0 fully saturated rings. The van der Waals surface area contributed by atoms with E-state index in [1.165, 1.54) is 38.5 Å². The molecule has 7 heteroatoms. The van der Waals surface area contributed by atoms with E-state index >= 15 is 0 Å². The second-order valence-electron chi connectivity index (χ2n) is 10.2. The van der Waals surface area contributed by atoms with Gasteiger partial charge in [0.05, 0.1) is 26.2 Å². The van der Waals surface area contributed by atoms with Gasteiger partial charge in [0.15, 0.2) is 0 Å². The molecule has 0 rings (SSSR count). The van der Waals surface area contributed by atoms with Gasteiger partial charge in [0.1, 0.15) is 11.8 Å². The summed E-state index contributed by atoms with van der Waals surface area (Å²) in [6, 6.07) is 0. The van der Waals surface area contributed by atoms with Crippen LogP contribution >= 0.6 is 0 Å². The number of unbranched alkanes of at least 4 members (excludes halogenated alkanes) is 9. The zero-order valence-electron chi connectivity index (χ0n) is 22.0. The molecule has 0 heterocycles. The van der Waals surface area contributed by atoms with Crippen LogP contribution < -0.4 is 5.11 Å². The second-order valence-corrected chi connectivity index (χ2v) is 10.2. The predicted octanol–water partition coefficient (Wildman–Crippen LogP) is 4.50. The molecule has 0 amide bonds. The number of quaternary nitrogens is 1. The zero-order valence-corrected chi connectivity index (χ0v) is 22.0. The smallest absolute Gasteiger partial charge is 0.311 e. The minimum Gasteiger partial charge on any atom is -0.550 e. The second kappa shape index (κ2) is 18.4. The normalized spacial score (nSPS) is 16.1. The lowest BCUT2D eigenvalue weighted by Gasteiger charge is -2.43. The van der Waals surface area contributed by atoms with E-state index in [-0.39, 0.29) is 24.1 Å². The molecule has 2 N–H and O–H groups in total. The van der Waals surface area contributed by atoms with E-state index in [1.54, 1.807) is 20.8 Å². The van der Waals surface area contributed by atoms with Gasteiger partial charge in [-0.3, -0.25) is 9.59 Å². The Morgan fingerprint density at radius 1 is 0.706 bits per heavy atom. The van der Waals surface area contributed by atoms with Gasteiger partial charge in [-0.25, -0.2) is 0 Å². The average Bonchev–Trinajstić information content (AvgIpc) is 2.76. The third kappa shape index (κ3) is 15.1. The van der Waals surface area contributed by atoms with E-state index in [0.717, 1.165) is 32.1 Å². The van der Waals surface area contributed by atoms with Crippen LogP contribution in [0, 0.1) is 17.8 Å². The Morgan fingerprint density at radius 2 is 1.12 bits per heavy atom. The summed E-state index contributed by atoms with van der Waals surface area (Å²) >= 11 is 0. The van der Waals surface area contributed by atoms with Crippen molar-refractivity contribution < 1.29 is 34.2 Å². The van der Waals surface area contributed by atoms with Crippen molar-refractivity contribution in [3.63, 3.8) is 0 Å². The van der Waals surface area contributed by atoms with E-state index in [4.69, 9.17) is 0 Å². The van der Waals surface area contributed by atoms with Gasteiger partial charge in [-0.15, -0.1) is 0 Å². The topological polar surface area (TPSA) is 115 Å². The molecule has 0 aromatic heterocycles. The Morgan fingerprint density at radius 3 is 1.56 bits per heavy atom. The first-order valence-electron chi connectivity index (χ1n) is 13.2. The van der Waals surface area contributed by atoms with Gasteiger partial charge in [0.25, 0.3) is 0 Å². The van der Waals surface area contributed by atoms with Crippen LogP contribution in [0.2, 0.25) is 0 Å². The molecule has 198 valence electrons. The minimum atomic E-state index is -1.19. The SMILES string of the molecule is CCCC/C=C/CCCCCCCCC[N+](CC(C)C(=O)[O-])(CC(C)C(=O)O)CC(C)C(=O)O. The number of rotatable bonds is 22. The molecule has 3 unspecified atom stereocenters. The summed E-state index contributed by atoms with van der Waals surface area (Å²) in [5, 5.41) is 30.4. The third-order valence-electron chi connectivity index (χ3n) is 6.62. The highest BCUT2D eigenvalue weighted by atomic mass is 16.4. The fourth-order valence-corrected chi connectivity index (χ4v) is 4.62. The predicted molar refractivity (Wildman–Crippen MR) is 133 cm³/mol. The highest BCUT2D eigenvalue weighted by Crippen LogP contribution is 2.22. The molecule has 0 spiro atoms. The van der Waals surface area contributed by atoms with Crippen LogP contribution in [-0.4, -0.2) is 58.8 Å². The van der Waals surface area contributed by atoms with Crippen LogP contribution in [0.5, 0.6) is 0 Å². The Labute approximate surface area is 206 Å². The first-order valence-corrected chi connectivity index (χ1v) is 13.2. The zero-order chi connectivity index (χ0) is 26.0. The highest BCUT2D eigenvalue weighted by molar-refractivity contribution is 5.70. The minimum absolute atomic E-state index is 0.181. The van der Waals surface area contributed by atoms with Gasteiger partial charge >= 0.3 is 11.9 Å². The molecule has 3 atom stereocenters. The van der Waals surface area contributed by atoms with Gasteiger partial charge in [-0.2, -0.15) is 0 Å². The van der Waals surface area contributed by atoms with E-state index in [1.807, 2.05) is 0 Å². The fourth-order valence-electron chi connectivity index (χ4n) is 4.62. The Bertz CT molecular complexity index is 563. The first kappa shape index (κ1) is 32.1. The Hall–Kier alpha value is -1.89. The maximum Gasteiger partial charge on any atom is 0.311 e. The van der Waals surface area contributed by atoms with Crippen molar-refractivity contribution in [2.45, 2.75) is 98.3 Å². The number of carbonyl (C=O) groups excluding carboxylic acids is 1. The molecule has 0 aliphatic heterocycles. The van der Waals surface area contributed by atoms with Crippen molar-refractivity contribution in [3.05, 3.63) is 12.2 Å². The number of allylic oxidation sites excluding steroid dienone is 2. The number of carboxylic acids is 3. The van der Waals surface area contributed by atoms with Crippen molar-refractivity contribution in [2.24, 2.45) is 17.8 Å². The first-order chi connectivity index (χ1) is 16.0. The Balaban J connectivity index is 4.76. The summed E-state index contributed by atoms with van der Waals surface area (Å²) in [6.07, 6.45) is 17.0. The number of hydrogen-bond donors (Lipinski definition) is 2. The maximum absolute atomic E-state index is 11.5. The molecule has 0 bridgehead atoms. The lowest BCUT2D eigenvalue weighted by molar-refractivity contribution is -0.934. The van der Waals surface area contributed by atoms with Crippen molar-refractivity contribution in [1.82, 2.24) is 0 Å². The van der Waals surface area contributed by atoms with E-state index in [9.17, 15) is 29.7 Å². The summed E-state index contributed by atoms with van der Waals surface area (Å²) in [6.45, 7) is 8.16. The van der Waals surface area contributed by atoms with E-state index < -0.39 is 35.7 Å². The molecule has 0 saturated carbocycles. The molecule has 0 aliphatic rings. The molecule has 0 radical (unpaired) electrons. The molecule has 0 aromatic rings. The number of aliphatic carboxylic acids is 3. The molecule has 0 aliphatic carbocycles. The van der Waals surface area contributed by atoms with Crippen molar-refractivity contribution in [3.8, 4) is 0 Å². The largest absolute Gasteiger partial charge is 0.550 e. The summed E-state index contributed by atoms with van der Waals surface area (Å²) in [4.78, 5) is 34.5. The molecule has 34 heavy (non-hydrogen) atoms. The maximum atomic E-state index is 11.5. The molecular weight excluding hydrogens is 434 g/mol. The van der Waals surface area contributed by atoms with Gasteiger partial charge in [-0.1, -0.05) is 64.5 Å². The molecule has 0 saturated heterocycles. The quantitative estimate of drug-likeness (QED) is 0.133. The van der Waals surface area contributed by atoms with Crippen LogP contribution in [0.4, 0.5) is 0 Å². The van der Waals surface area contributed by atoms with E-state index in [2.05, 4.69) is 19.1 Å². The number of carboxylic acid groups (broad SMARTS) is 3. The summed E-state index contributed by atoms with van der Waals surface area (Å²) in [5.41, 5.74) is 0. The number of hydrogen-bond acceptors (Lipinski definition) is 4. The number of nitrogens with zero attached hydrogens (tertiary/aromatic N) is 1. The monoisotopic (exact) mass is 483 g/mol. The summed E-state index contributed by atoms with van der Waals surface area (Å²) in [5.74, 6) is -5.25. The third-order valence-corrected chi connectivity index (χ3v) is 6.62. The van der Waals surface area contributed by atoms with Crippen LogP contribution in [0.3, 0.4) is 0 Å². The molecule has 7 nitrogen and oxygen atoms in total. The van der Waals surface area contributed by atoms with Crippen molar-refractivity contribution in [1.29, 1.82) is 0 Å². The van der Waals surface area contributed by atoms with Crippen LogP contribution in [0.25, 0.3) is 0 Å². The highest BCUT2D eigenvalue weighted by Gasteiger charge is 2.36. The van der Waals surface area contributed by atoms with Gasteiger partial charge in [-0.05, 0) is 46.0 Å². The average molecular weight is 484 g/mol. The van der Waals surface area contributed by atoms with Crippen molar-refractivity contribution >= 4 is 17.9 Å². The number of carbonyl (C=O) groups is 3. The van der Waals surface area contributed by atoms with E-state index in [0.29, 0.717) is 6.54 Å². The lowest BCUT2D eigenvalue weighted by Crippen LogP contribution is -2.58. The van der Waals surface area contributed by atoms with Crippen molar-refractivity contribution in [2.75, 3.05) is 26.2 Å². The van der Waals surface area contributed by atoms with Crippen LogP contribution in [0.15, 0.2) is 12.2 Å². The van der Waals surface area contributed by atoms with Gasteiger partial charge in [0, 0.05) is 11.9 Å². The fraction of sp³-hybridized carbons (Fsp3) is 0.815. The lowest BCUT2D eigenvalue weighted by atomic mass is 10.0. The van der Waals surface area contributed by atoms with Gasteiger partial charge in [0.2, 0.25) is 0 Å². The Kier molecular flexibility index (Phi) is 17.4. The van der Waals surface area contributed by atoms with Crippen LogP contribution in [0.1, 0.15) is 98.3 Å². The molecule has 0 aromatic carbocycles. The van der Waals surface area contributed by atoms with Crippen LogP contribution in [-0.2, 0) is 14.4 Å². The van der Waals surface area contributed by atoms with Gasteiger partial charge < -0.3 is 24.6 Å². The molecular formula is C27H49NO6. The summed E-state index contributed by atoms with van der Waals surface area (Å²) in [7, 11) is 0.